The van der Waals surface area contributed by atoms with Gasteiger partial charge in [-0.25, -0.2) is 0 Å². The van der Waals surface area contributed by atoms with Crippen molar-refractivity contribution in [2.75, 3.05) is 26.2 Å². The molecule has 106 valence electrons. The number of nitrogens with one attached hydrogen (secondary N) is 2. The smallest absolute Gasteiger partial charge is 0.191 e. The second-order valence-corrected chi connectivity index (χ2v) is 5.04. The molecular formula is C13H27IN4. The molecule has 0 saturated heterocycles. The van der Waals surface area contributed by atoms with E-state index in [0.717, 1.165) is 38.2 Å². The fraction of sp³-hybridized carbons (Fsp3) is 0.923. The number of halogens is 1. The predicted octanol–water partition coefficient (Wildman–Crippen LogP) is 1.81. The van der Waals surface area contributed by atoms with Gasteiger partial charge in [-0.1, -0.05) is 6.92 Å². The van der Waals surface area contributed by atoms with Crippen molar-refractivity contribution in [3.63, 3.8) is 0 Å². The van der Waals surface area contributed by atoms with E-state index < -0.39 is 0 Å². The monoisotopic (exact) mass is 366 g/mol. The van der Waals surface area contributed by atoms with Crippen LogP contribution in [0.1, 0.15) is 39.5 Å². The van der Waals surface area contributed by atoms with Gasteiger partial charge in [0.1, 0.15) is 0 Å². The topological polar surface area (TPSA) is 39.7 Å². The summed E-state index contributed by atoms with van der Waals surface area (Å²) in [4.78, 5) is 7.19. The summed E-state index contributed by atoms with van der Waals surface area (Å²) in [6, 6.07) is 1.53. The molecule has 2 fully saturated rings. The van der Waals surface area contributed by atoms with E-state index in [4.69, 9.17) is 0 Å². The van der Waals surface area contributed by atoms with E-state index in [1.54, 1.807) is 0 Å². The van der Waals surface area contributed by atoms with Gasteiger partial charge in [0.05, 0.1) is 6.54 Å². The molecule has 2 rings (SSSR count). The molecule has 2 aliphatic rings. The molecular weight excluding hydrogens is 339 g/mol. The average molecular weight is 366 g/mol. The first kappa shape index (κ1) is 16.0. The van der Waals surface area contributed by atoms with Crippen molar-refractivity contribution < 1.29 is 0 Å². The minimum Gasteiger partial charge on any atom is -0.357 e. The minimum atomic E-state index is 0. The van der Waals surface area contributed by atoms with Gasteiger partial charge in [-0.3, -0.25) is 9.89 Å². The summed E-state index contributed by atoms with van der Waals surface area (Å²) in [5.41, 5.74) is 0. The lowest BCUT2D eigenvalue weighted by atomic mass is 10.4. The first-order valence-electron chi connectivity index (χ1n) is 7.12. The van der Waals surface area contributed by atoms with Crippen LogP contribution in [0.3, 0.4) is 0 Å². The Bertz CT molecular complexity index is 262. The molecule has 2 N–H and O–H groups in total. The summed E-state index contributed by atoms with van der Waals surface area (Å²) in [6.45, 7) is 8.47. The zero-order chi connectivity index (χ0) is 12.1. The van der Waals surface area contributed by atoms with Crippen LogP contribution in [0.25, 0.3) is 0 Å². The summed E-state index contributed by atoms with van der Waals surface area (Å²) >= 11 is 0. The van der Waals surface area contributed by atoms with E-state index in [9.17, 15) is 0 Å². The van der Waals surface area contributed by atoms with Gasteiger partial charge in [0.2, 0.25) is 0 Å². The fourth-order valence-corrected chi connectivity index (χ4v) is 2.07. The molecule has 0 bridgehead atoms. The van der Waals surface area contributed by atoms with Crippen LogP contribution in [-0.4, -0.2) is 49.1 Å². The Kier molecular flexibility index (Phi) is 7.29. The quantitative estimate of drug-likeness (QED) is 0.410. The van der Waals surface area contributed by atoms with Gasteiger partial charge in [0.25, 0.3) is 0 Å². The summed E-state index contributed by atoms with van der Waals surface area (Å²) < 4.78 is 0. The van der Waals surface area contributed by atoms with Crippen LogP contribution >= 0.6 is 24.0 Å². The maximum absolute atomic E-state index is 4.64. The predicted molar refractivity (Wildman–Crippen MR) is 87.8 cm³/mol. The number of guanidine groups is 1. The van der Waals surface area contributed by atoms with Gasteiger partial charge >= 0.3 is 0 Å². The summed E-state index contributed by atoms with van der Waals surface area (Å²) in [7, 11) is 0. The number of rotatable bonds is 7. The number of aliphatic imine (C=N–C) groups is 1. The lowest BCUT2D eigenvalue weighted by molar-refractivity contribution is 0.286. The van der Waals surface area contributed by atoms with Crippen LogP contribution < -0.4 is 10.6 Å². The molecule has 2 saturated carbocycles. The van der Waals surface area contributed by atoms with Crippen LogP contribution in [-0.2, 0) is 0 Å². The largest absolute Gasteiger partial charge is 0.357 e. The van der Waals surface area contributed by atoms with Crippen molar-refractivity contribution >= 4 is 29.9 Å². The number of nitrogens with zero attached hydrogens (tertiary/aromatic N) is 2. The standard InChI is InChI=1S/C13H26N4.HI/c1-3-14-13(16-11-5-6-11)15-9-10-17(4-2)12-7-8-12;/h11-12H,3-10H2,1-2H3,(H2,14,15,16);1H. The molecule has 0 aromatic carbocycles. The maximum Gasteiger partial charge on any atom is 0.191 e. The Morgan fingerprint density at radius 3 is 2.44 bits per heavy atom. The molecule has 0 spiro atoms. The molecule has 0 amide bonds. The van der Waals surface area contributed by atoms with E-state index in [0.29, 0.717) is 6.04 Å². The van der Waals surface area contributed by atoms with E-state index in [2.05, 4.69) is 34.4 Å². The SMILES string of the molecule is CCNC(=NCCN(CC)C1CC1)NC1CC1.I. The van der Waals surface area contributed by atoms with Crippen molar-refractivity contribution in [1.29, 1.82) is 0 Å². The van der Waals surface area contributed by atoms with E-state index >= 15 is 0 Å². The first-order valence-corrected chi connectivity index (χ1v) is 7.12. The van der Waals surface area contributed by atoms with Gasteiger partial charge < -0.3 is 10.6 Å². The van der Waals surface area contributed by atoms with Crippen molar-refractivity contribution in [2.45, 2.75) is 51.6 Å². The van der Waals surface area contributed by atoms with Crippen LogP contribution in [0.4, 0.5) is 0 Å². The van der Waals surface area contributed by atoms with Crippen molar-refractivity contribution in [3.8, 4) is 0 Å². The molecule has 18 heavy (non-hydrogen) atoms. The Balaban J connectivity index is 0.00000162. The second-order valence-electron chi connectivity index (χ2n) is 5.04. The van der Waals surface area contributed by atoms with E-state index in [1.165, 1.54) is 25.7 Å². The van der Waals surface area contributed by atoms with Crippen molar-refractivity contribution in [1.82, 2.24) is 15.5 Å². The lowest BCUT2D eigenvalue weighted by Gasteiger charge is -2.18. The zero-order valence-corrected chi connectivity index (χ0v) is 13.9. The third-order valence-electron chi connectivity index (χ3n) is 3.39. The Morgan fingerprint density at radius 1 is 1.22 bits per heavy atom. The molecule has 0 aromatic heterocycles. The van der Waals surface area contributed by atoms with Crippen molar-refractivity contribution in [3.05, 3.63) is 0 Å². The number of hydrogen-bond donors (Lipinski definition) is 2. The third-order valence-corrected chi connectivity index (χ3v) is 3.39. The maximum atomic E-state index is 4.64. The first-order chi connectivity index (χ1) is 8.33. The molecule has 5 heteroatoms. The van der Waals surface area contributed by atoms with Gasteiger partial charge in [0.15, 0.2) is 5.96 Å². The molecule has 0 aromatic rings. The van der Waals surface area contributed by atoms with Gasteiger partial charge in [-0.2, -0.15) is 0 Å². The molecule has 0 radical (unpaired) electrons. The summed E-state index contributed by atoms with van der Waals surface area (Å²) in [5, 5.41) is 6.76. The summed E-state index contributed by atoms with van der Waals surface area (Å²) in [6.07, 6.45) is 5.37. The molecule has 0 unspecified atom stereocenters. The van der Waals surface area contributed by atoms with Crippen LogP contribution in [0, 0.1) is 0 Å². The third kappa shape index (κ3) is 5.73. The highest BCUT2D eigenvalue weighted by Crippen LogP contribution is 2.25. The van der Waals surface area contributed by atoms with Crippen LogP contribution in [0.15, 0.2) is 4.99 Å². The van der Waals surface area contributed by atoms with Gasteiger partial charge in [-0.05, 0) is 39.2 Å². The Morgan fingerprint density at radius 2 is 1.94 bits per heavy atom. The molecule has 2 aliphatic carbocycles. The Labute approximate surface area is 128 Å². The minimum absolute atomic E-state index is 0. The fourth-order valence-electron chi connectivity index (χ4n) is 2.07. The number of hydrogen-bond acceptors (Lipinski definition) is 2. The van der Waals surface area contributed by atoms with Gasteiger partial charge in [0, 0.05) is 25.2 Å². The summed E-state index contributed by atoms with van der Waals surface area (Å²) in [5.74, 6) is 1.00. The normalized spacial score (nSPS) is 19.6. The van der Waals surface area contributed by atoms with Gasteiger partial charge in [-0.15, -0.1) is 24.0 Å². The Hall–Kier alpha value is -0.0400. The zero-order valence-electron chi connectivity index (χ0n) is 11.6. The van der Waals surface area contributed by atoms with E-state index in [1.807, 2.05) is 0 Å². The lowest BCUT2D eigenvalue weighted by Crippen LogP contribution is -2.39. The highest BCUT2D eigenvalue weighted by molar-refractivity contribution is 14.0. The van der Waals surface area contributed by atoms with Crippen LogP contribution in [0.2, 0.25) is 0 Å². The molecule has 0 heterocycles. The molecule has 0 aliphatic heterocycles. The second kappa shape index (κ2) is 8.19. The van der Waals surface area contributed by atoms with E-state index in [-0.39, 0.29) is 24.0 Å². The highest BCUT2D eigenvalue weighted by Gasteiger charge is 2.27. The average Bonchev–Trinajstić information content (AvgIpc) is 3.16. The van der Waals surface area contributed by atoms with Crippen molar-refractivity contribution in [2.24, 2.45) is 4.99 Å². The number of likely N-dealkylation sites (N-methyl/N-ethyl adjacent to an activating group) is 1. The molecule has 0 atom stereocenters. The molecule has 4 nitrogen and oxygen atoms in total. The highest BCUT2D eigenvalue weighted by atomic mass is 127. The van der Waals surface area contributed by atoms with Crippen LogP contribution in [0.5, 0.6) is 0 Å².